The van der Waals surface area contributed by atoms with Gasteiger partial charge in [0.2, 0.25) is 5.91 Å². The molecular formula is C14H21NO. The molecule has 0 heterocycles. The van der Waals surface area contributed by atoms with E-state index >= 15 is 0 Å². The quantitative estimate of drug-likeness (QED) is 0.809. The summed E-state index contributed by atoms with van der Waals surface area (Å²) in [5.41, 5.74) is 1.15. The molecule has 0 spiro atoms. The summed E-state index contributed by atoms with van der Waals surface area (Å²) in [6, 6.07) is 10.1. The molecule has 2 atom stereocenters. The van der Waals surface area contributed by atoms with E-state index in [4.69, 9.17) is 0 Å². The van der Waals surface area contributed by atoms with Crippen LogP contribution >= 0.6 is 0 Å². The third kappa shape index (κ3) is 3.69. The predicted molar refractivity (Wildman–Crippen MR) is 67.1 cm³/mol. The standard InChI is InChI=1S/C14H21NO/c1-4-8-11(2)14(16)15-12(3)13-9-6-5-7-10-13/h5-7,9-12H,4,8H2,1-3H3,(H,15,16)/t11-,12+/m0/s1. The predicted octanol–water partition coefficient (Wildman–Crippen LogP) is 3.30. The first-order valence-electron chi connectivity index (χ1n) is 6.00. The van der Waals surface area contributed by atoms with Crippen molar-refractivity contribution in [1.82, 2.24) is 5.32 Å². The number of carbonyl (C=O) groups excluding carboxylic acids is 1. The van der Waals surface area contributed by atoms with Crippen molar-refractivity contribution < 1.29 is 4.79 Å². The van der Waals surface area contributed by atoms with Crippen molar-refractivity contribution in [2.45, 2.75) is 39.7 Å². The molecule has 1 rings (SSSR count). The average molecular weight is 219 g/mol. The van der Waals surface area contributed by atoms with Crippen LogP contribution in [-0.4, -0.2) is 5.91 Å². The van der Waals surface area contributed by atoms with Crippen LogP contribution in [0.25, 0.3) is 0 Å². The van der Waals surface area contributed by atoms with E-state index in [1.807, 2.05) is 44.2 Å². The van der Waals surface area contributed by atoms with Crippen molar-refractivity contribution in [2.24, 2.45) is 5.92 Å². The van der Waals surface area contributed by atoms with Gasteiger partial charge in [-0.15, -0.1) is 0 Å². The maximum atomic E-state index is 11.8. The van der Waals surface area contributed by atoms with Crippen molar-refractivity contribution in [3.05, 3.63) is 35.9 Å². The largest absolute Gasteiger partial charge is 0.349 e. The van der Waals surface area contributed by atoms with Crippen LogP contribution in [0.1, 0.15) is 45.2 Å². The van der Waals surface area contributed by atoms with Gasteiger partial charge in [0.25, 0.3) is 0 Å². The topological polar surface area (TPSA) is 29.1 Å². The minimum Gasteiger partial charge on any atom is -0.349 e. The average Bonchev–Trinajstić information content (AvgIpc) is 2.30. The summed E-state index contributed by atoms with van der Waals surface area (Å²) in [6.45, 7) is 6.10. The van der Waals surface area contributed by atoms with E-state index in [1.165, 1.54) is 0 Å². The molecule has 1 N–H and O–H groups in total. The van der Waals surface area contributed by atoms with Crippen molar-refractivity contribution in [3.8, 4) is 0 Å². The highest BCUT2D eigenvalue weighted by Crippen LogP contribution is 2.13. The van der Waals surface area contributed by atoms with Crippen LogP contribution in [0.15, 0.2) is 30.3 Å². The maximum Gasteiger partial charge on any atom is 0.223 e. The van der Waals surface area contributed by atoms with Gasteiger partial charge in [0.1, 0.15) is 0 Å². The molecule has 0 aromatic heterocycles. The molecule has 0 radical (unpaired) electrons. The molecule has 1 amide bonds. The van der Waals surface area contributed by atoms with Crippen molar-refractivity contribution in [1.29, 1.82) is 0 Å². The fraction of sp³-hybridized carbons (Fsp3) is 0.500. The van der Waals surface area contributed by atoms with E-state index < -0.39 is 0 Å². The normalized spacial score (nSPS) is 14.2. The molecule has 2 nitrogen and oxygen atoms in total. The number of carbonyl (C=O) groups is 1. The van der Waals surface area contributed by atoms with Crippen LogP contribution in [0.5, 0.6) is 0 Å². The lowest BCUT2D eigenvalue weighted by Gasteiger charge is -2.17. The monoisotopic (exact) mass is 219 g/mol. The minimum absolute atomic E-state index is 0.0907. The molecule has 16 heavy (non-hydrogen) atoms. The molecule has 1 aromatic carbocycles. The van der Waals surface area contributed by atoms with Crippen LogP contribution in [-0.2, 0) is 4.79 Å². The Hall–Kier alpha value is -1.31. The van der Waals surface area contributed by atoms with Gasteiger partial charge in [0.15, 0.2) is 0 Å². The molecule has 0 fully saturated rings. The van der Waals surface area contributed by atoms with Crippen molar-refractivity contribution >= 4 is 5.91 Å². The summed E-state index contributed by atoms with van der Waals surface area (Å²) in [4.78, 5) is 11.8. The van der Waals surface area contributed by atoms with Gasteiger partial charge >= 0.3 is 0 Å². The number of rotatable bonds is 5. The summed E-state index contributed by atoms with van der Waals surface area (Å²) in [5.74, 6) is 0.259. The summed E-state index contributed by atoms with van der Waals surface area (Å²) in [5, 5.41) is 3.04. The van der Waals surface area contributed by atoms with Crippen LogP contribution in [0.2, 0.25) is 0 Å². The second-order valence-electron chi connectivity index (χ2n) is 4.33. The van der Waals surface area contributed by atoms with E-state index in [1.54, 1.807) is 0 Å². The van der Waals surface area contributed by atoms with Crippen LogP contribution < -0.4 is 5.32 Å². The third-order valence-corrected chi connectivity index (χ3v) is 2.83. The Morgan fingerprint density at radius 1 is 1.25 bits per heavy atom. The zero-order valence-corrected chi connectivity index (χ0v) is 10.4. The summed E-state index contributed by atoms with van der Waals surface area (Å²) < 4.78 is 0. The molecule has 88 valence electrons. The van der Waals surface area contributed by atoms with E-state index in [0.717, 1.165) is 18.4 Å². The van der Waals surface area contributed by atoms with Gasteiger partial charge in [0.05, 0.1) is 6.04 Å². The van der Waals surface area contributed by atoms with E-state index in [-0.39, 0.29) is 17.9 Å². The van der Waals surface area contributed by atoms with Crippen LogP contribution in [0, 0.1) is 5.92 Å². The Kier molecular flexibility index (Phi) is 5.03. The molecular weight excluding hydrogens is 198 g/mol. The lowest BCUT2D eigenvalue weighted by molar-refractivity contribution is -0.125. The van der Waals surface area contributed by atoms with Gasteiger partial charge in [-0.2, -0.15) is 0 Å². The van der Waals surface area contributed by atoms with E-state index in [0.29, 0.717) is 0 Å². The zero-order chi connectivity index (χ0) is 12.0. The second kappa shape index (κ2) is 6.31. The first-order valence-corrected chi connectivity index (χ1v) is 6.00. The van der Waals surface area contributed by atoms with Crippen LogP contribution in [0.4, 0.5) is 0 Å². The van der Waals surface area contributed by atoms with Crippen LogP contribution in [0.3, 0.4) is 0 Å². The van der Waals surface area contributed by atoms with Crippen molar-refractivity contribution in [3.63, 3.8) is 0 Å². The smallest absolute Gasteiger partial charge is 0.223 e. The van der Waals surface area contributed by atoms with Gasteiger partial charge in [-0.05, 0) is 18.9 Å². The zero-order valence-electron chi connectivity index (χ0n) is 10.4. The fourth-order valence-electron chi connectivity index (χ4n) is 1.74. The van der Waals surface area contributed by atoms with E-state index in [9.17, 15) is 4.79 Å². The molecule has 0 unspecified atom stereocenters. The SMILES string of the molecule is CCC[C@H](C)C(=O)N[C@H](C)c1ccccc1. The third-order valence-electron chi connectivity index (χ3n) is 2.83. The Morgan fingerprint density at radius 2 is 1.88 bits per heavy atom. The molecule has 0 aliphatic heterocycles. The van der Waals surface area contributed by atoms with Crippen molar-refractivity contribution in [2.75, 3.05) is 0 Å². The van der Waals surface area contributed by atoms with Gasteiger partial charge in [0, 0.05) is 5.92 Å². The van der Waals surface area contributed by atoms with Gasteiger partial charge in [-0.3, -0.25) is 4.79 Å². The fourth-order valence-corrected chi connectivity index (χ4v) is 1.74. The molecule has 0 aliphatic rings. The molecule has 0 saturated heterocycles. The van der Waals surface area contributed by atoms with E-state index in [2.05, 4.69) is 12.2 Å². The Balaban J connectivity index is 2.51. The molecule has 0 saturated carbocycles. The molecule has 1 aromatic rings. The van der Waals surface area contributed by atoms with Gasteiger partial charge in [-0.1, -0.05) is 50.6 Å². The Morgan fingerprint density at radius 3 is 2.44 bits per heavy atom. The van der Waals surface area contributed by atoms with Gasteiger partial charge in [-0.25, -0.2) is 0 Å². The summed E-state index contributed by atoms with van der Waals surface area (Å²) in [6.07, 6.45) is 2.00. The summed E-state index contributed by atoms with van der Waals surface area (Å²) in [7, 11) is 0. The number of nitrogens with one attached hydrogen (secondary N) is 1. The highest BCUT2D eigenvalue weighted by molar-refractivity contribution is 5.78. The number of amides is 1. The minimum atomic E-state index is 0.0907. The number of hydrogen-bond acceptors (Lipinski definition) is 1. The molecule has 0 aliphatic carbocycles. The Labute approximate surface area is 98.1 Å². The first-order chi connectivity index (χ1) is 7.65. The number of benzene rings is 1. The van der Waals surface area contributed by atoms with Gasteiger partial charge < -0.3 is 5.32 Å². The Bertz CT molecular complexity index is 321. The highest BCUT2D eigenvalue weighted by Gasteiger charge is 2.14. The first kappa shape index (κ1) is 12.8. The number of hydrogen-bond donors (Lipinski definition) is 1. The lowest BCUT2D eigenvalue weighted by atomic mass is 10.0. The lowest BCUT2D eigenvalue weighted by Crippen LogP contribution is -2.31. The second-order valence-corrected chi connectivity index (χ2v) is 4.33. The highest BCUT2D eigenvalue weighted by atomic mass is 16.1. The molecule has 0 bridgehead atoms. The maximum absolute atomic E-state index is 11.8. The molecule has 2 heteroatoms. The summed E-state index contributed by atoms with van der Waals surface area (Å²) >= 11 is 0.